The van der Waals surface area contributed by atoms with Crippen molar-refractivity contribution in [2.45, 2.75) is 38.3 Å². The van der Waals surface area contributed by atoms with Gasteiger partial charge in [0.2, 0.25) is 0 Å². The second kappa shape index (κ2) is 8.65. The van der Waals surface area contributed by atoms with Crippen LogP contribution in [0.1, 0.15) is 31.7 Å². The van der Waals surface area contributed by atoms with Gasteiger partial charge in [0.15, 0.2) is 5.13 Å². The fraction of sp³-hybridized carbons (Fsp3) is 0.714. The molecule has 0 aromatic carbocycles. The molecule has 0 spiro atoms. The van der Waals surface area contributed by atoms with E-state index in [2.05, 4.69) is 15.6 Å². The molecule has 1 amide bonds. The number of halogens is 2. The fourth-order valence-corrected chi connectivity index (χ4v) is 2.51. The van der Waals surface area contributed by atoms with Gasteiger partial charge in [-0.1, -0.05) is 11.3 Å². The zero-order valence-corrected chi connectivity index (χ0v) is 15.0. The van der Waals surface area contributed by atoms with E-state index >= 15 is 0 Å². The van der Waals surface area contributed by atoms with Gasteiger partial charge < -0.3 is 20.5 Å². The molecule has 0 saturated heterocycles. The maximum absolute atomic E-state index is 13.3. The van der Waals surface area contributed by atoms with Crippen LogP contribution in [0.5, 0.6) is 0 Å². The molecule has 1 rings (SSSR count). The first-order valence-corrected chi connectivity index (χ1v) is 8.14. The number of nitrogens with zero attached hydrogens (tertiary/aromatic N) is 1. The van der Waals surface area contributed by atoms with Gasteiger partial charge in [-0.3, -0.25) is 5.32 Å². The van der Waals surface area contributed by atoms with Crippen LogP contribution in [0.25, 0.3) is 0 Å². The van der Waals surface area contributed by atoms with Gasteiger partial charge in [-0.2, -0.15) is 0 Å². The van der Waals surface area contributed by atoms with Crippen LogP contribution in [-0.2, 0) is 9.47 Å². The van der Waals surface area contributed by atoms with Gasteiger partial charge in [0.05, 0.1) is 25.7 Å². The molecule has 10 heteroatoms. The molecular formula is C14H24F2N4O3S. The Balaban J connectivity index is 2.70. The van der Waals surface area contributed by atoms with Crippen molar-refractivity contribution in [1.29, 1.82) is 0 Å². The first-order chi connectivity index (χ1) is 11.1. The first kappa shape index (κ1) is 20.7. The van der Waals surface area contributed by atoms with Crippen molar-refractivity contribution in [2.24, 2.45) is 5.73 Å². The van der Waals surface area contributed by atoms with E-state index < -0.39 is 36.7 Å². The minimum atomic E-state index is -3.01. The molecule has 7 nitrogen and oxygen atoms in total. The minimum absolute atomic E-state index is 0.175. The normalized spacial score (nSPS) is 13.6. The number of nitrogens with two attached hydrogens (primary N) is 1. The maximum Gasteiger partial charge on any atom is 0.413 e. The fourth-order valence-electron chi connectivity index (χ4n) is 1.65. The second-order valence-electron chi connectivity index (χ2n) is 6.14. The highest BCUT2D eigenvalue weighted by atomic mass is 32.1. The Morgan fingerprint density at radius 1 is 1.46 bits per heavy atom. The van der Waals surface area contributed by atoms with Gasteiger partial charge in [0.1, 0.15) is 5.60 Å². The number of carbonyl (C=O) groups excluding carboxylic acids is 1. The number of anilines is 1. The average molecular weight is 366 g/mol. The van der Waals surface area contributed by atoms with Crippen molar-refractivity contribution in [3.8, 4) is 0 Å². The van der Waals surface area contributed by atoms with Crippen molar-refractivity contribution in [1.82, 2.24) is 10.3 Å². The Bertz CT molecular complexity index is 534. The summed E-state index contributed by atoms with van der Waals surface area (Å²) in [6, 6.07) is -0.487. The van der Waals surface area contributed by atoms with Crippen LogP contribution in [0, 0.1) is 0 Å². The summed E-state index contributed by atoms with van der Waals surface area (Å²) < 4.78 is 36.8. The monoisotopic (exact) mass is 366 g/mol. The van der Waals surface area contributed by atoms with E-state index in [1.54, 1.807) is 20.8 Å². The molecule has 4 N–H and O–H groups in total. The SMILES string of the molecule is COCC(NCC(F)(F)CN)c1cnc(NC(=O)OC(C)(C)C)s1. The third-order valence-electron chi connectivity index (χ3n) is 2.71. The summed E-state index contributed by atoms with van der Waals surface area (Å²) in [6.07, 6.45) is 0.864. The molecule has 0 aliphatic rings. The molecule has 1 aromatic heterocycles. The topological polar surface area (TPSA) is 98.5 Å². The van der Waals surface area contributed by atoms with E-state index in [1.165, 1.54) is 13.3 Å². The number of aromatic nitrogens is 1. The highest BCUT2D eigenvalue weighted by molar-refractivity contribution is 7.15. The molecule has 1 heterocycles. The van der Waals surface area contributed by atoms with Crippen LogP contribution in [0.3, 0.4) is 0 Å². The highest BCUT2D eigenvalue weighted by Crippen LogP contribution is 2.26. The van der Waals surface area contributed by atoms with Gasteiger partial charge in [-0.15, -0.1) is 0 Å². The summed E-state index contributed by atoms with van der Waals surface area (Å²) in [4.78, 5) is 16.4. The van der Waals surface area contributed by atoms with Crippen LogP contribution < -0.4 is 16.4 Å². The van der Waals surface area contributed by atoms with E-state index in [9.17, 15) is 13.6 Å². The number of thiazole rings is 1. The van der Waals surface area contributed by atoms with Crippen molar-refractivity contribution in [2.75, 3.05) is 32.1 Å². The van der Waals surface area contributed by atoms with E-state index in [1.807, 2.05) is 0 Å². The lowest BCUT2D eigenvalue weighted by Crippen LogP contribution is -2.41. The number of ether oxygens (including phenoxy) is 2. The number of amides is 1. The molecule has 138 valence electrons. The lowest BCUT2D eigenvalue weighted by atomic mass is 10.2. The average Bonchev–Trinajstić information content (AvgIpc) is 2.89. The Morgan fingerprint density at radius 2 is 2.12 bits per heavy atom. The molecule has 0 saturated carbocycles. The van der Waals surface area contributed by atoms with Gasteiger partial charge in [-0.25, -0.2) is 18.6 Å². The zero-order valence-electron chi connectivity index (χ0n) is 14.2. The molecule has 1 unspecified atom stereocenters. The summed E-state index contributed by atoms with van der Waals surface area (Å²) in [7, 11) is 1.47. The standard InChI is InChI=1S/C14H24F2N4O3S/c1-13(2,3)23-12(21)20-11-18-5-10(24-11)9(6-22-4)19-8-14(15,16)7-17/h5,9,19H,6-8,17H2,1-4H3,(H,18,20,21). The summed E-state index contributed by atoms with van der Waals surface area (Å²) >= 11 is 1.15. The van der Waals surface area contributed by atoms with Crippen molar-refractivity contribution in [3.05, 3.63) is 11.1 Å². The summed E-state index contributed by atoms with van der Waals surface area (Å²) in [5, 5.41) is 5.53. The van der Waals surface area contributed by atoms with E-state index in [0.29, 0.717) is 10.0 Å². The molecule has 1 atom stereocenters. The molecule has 0 radical (unpaired) electrons. The van der Waals surface area contributed by atoms with Gasteiger partial charge in [0.25, 0.3) is 5.92 Å². The van der Waals surface area contributed by atoms with Crippen LogP contribution in [0.15, 0.2) is 6.20 Å². The van der Waals surface area contributed by atoms with Crippen LogP contribution in [-0.4, -0.2) is 49.4 Å². The summed E-state index contributed by atoms with van der Waals surface area (Å²) in [5.41, 5.74) is 4.40. The number of methoxy groups -OCH3 is 1. The zero-order chi connectivity index (χ0) is 18.4. The molecule has 0 bridgehead atoms. The van der Waals surface area contributed by atoms with Crippen LogP contribution >= 0.6 is 11.3 Å². The minimum Gasteiger partial charge on any atom is -0.444 e. The predicted octanol–water partition coefficient (Wildman–Crippen LogP) is 2.36. The smallest absolute Gasteiger partial charge is 0.413 e. The third-order valence-corrected chi connectivity index (χ3v) is 3.74. The number of rotatable bonds is 8. The molecule has 1 aromatic rings. The lowest BCUT2D eigenvalue weighted by molar-refractivity contribution is 0.00631. The van der Waals surface area contributed by atoms with E-state index in [4.69, 9.17) is 15.2 Å². The third kappa shape index (κ3) is 7.47. The Labute approximate surface area is 143 Å². The Morgan fingerprint density at radius 3 is 2.67 bits per heavy atom. The van der Waals surface area contributed by atoms with Gasteiger partial charge >= 0.3 is 6.09 Å². The molecular weight excluding hydrogens is 342 g/mol. The Hall–Kier alpha value is -1.36. The quantitative estimate of drug-likeness (QED) is 0.653. The van der Waals surface area contributed by atoms with Crippen molar-refractivity contribution in [3.63, 3.8) is 0 Å². The predicted molar refractivity (Wildman–Crippen MR) is 88.6 cm³/mol. The largest absolute Gasteiger partial charge is 0.444 e. The van der Waals surface area contributed by atoms with Gasteiger partial charge in [-0.05, 0) is 20.8 Å². The molecule has 0 fully saturated rings. The summed E-state index contributed by atoms with van der Waals surface area (Å²) in [5.74, 6) is -3.01. The van der Waals surface area contributed by atoms with Crippen molar-refractivity contribution >= 4 is 22.6 Å². The number of alkyl halides is 2. The second-order valence-corrected chi connectivity index (χ2v) is 7.21. The molecule has 0 aliphatic carbocycles. The van der Waals surface area contributed by atoms with Crippen molar-refractivity contribution < 1.29 is 23.0 Å². The Kier molecular flexibility index (Phi) is 7.46. The number of hydrogen-bond acceptors (Lipinski definition) is 7. The lowest BCUT2D eigenvalue weighted by Gasteiger charge is -2.20. The van der Waals surface area contributed by atoms with Gasteiger partial charge in [0, 0.05) is 18.2 Å². The number of carbonyl (C=O) groups is 1. The number of nitrogens with one attached hydrogen (secondary N) is 2. The van der Waals surface area contributed by atoms with E-state index in [-0.39, 0.29) is 6.61 Å². The highest BCUT2D eigenvalue weighted by Gasteiger charge is 2.28. The van der Waals surface area contributed by atoms with E-state index in [0.717, 1.165) is 11.3 Å². The molecule has 0 aliphatic heterocycles. The number of hydrogen-bond donors (Lipinski definition) is 3. The maximum atomic E-state index is 13.3. The van der Waals surface area contributed by atoms with Crippen LogP contribution in [0.2, 0.25) is 0 Å². The van der Waals surface area contributed by atoms with Crippen LogP contribution in [0.4, 0.5) is 18.7 Å². The summed E-state index contributed by atoms with van der Waals surface area (Å²) in [6.45, 7) is 4.09. The molecule has 24 heavy (non-hydrogen) atoms. The first-order valence-electron chi connectivity index (χ1n) is 7.32.